The predicted molar refractivity (Wildman–Crippen MR) is 139 cm³/mol. The summed E-state index contributed by atoms with van der Waals surface area (Å²) in [6.45, 7) is 5.15. The van der Waals surface area contributed by atoms with Crippen molar-refractivity contribution in [3.8, 4) is 11.8 Å². The highest BCUT2D eigenvalue weighted by Crippen LogP contribution is 2.44. The maximum absolute atomic E-state index is 13.3. The standard InChI is InChI=1S/C29H32BFN3O/c1-3-25-18-29(2,14-15-30-25)27-13-10-24(28(35)32-16-4-5-22-19-33-34-20-22)17-23(27)9-6-21-7-11-26(31)12-8-21/h7-8,10-13,17,19-20,25H,3-5,14-16,18H2,1-2H3,(H,32,35)(H,33,34). The number of carbonyl (C=O) groups excluding carboxylic acids is 1. The number of rotatable bonds is 7. The number of nitrogens with zero attached hydrogens (tertiary/aromatic N) is 1. The number of halogens is 1. The molecule has 35 heavy (non-hydrogen) atoms. The van der Waals surface area contributed by atoms with Crippen molar-refractivity contribution in [2.75, 3.05) is 6.54 Å². The molecule has 6 heteroatoms. The average molecular weight is 468 g/mol. The van der Waals surface area contributed by atoms with Gasteiger partial charge in [-0.25, -0.2) is 4.39 Å². The fourth-order valence-corrected chi connectivity index (χ4v) is 4.96. The number of H-pyrrole nitrogens is 1. The number of aromatic nitrogens is 2. The summed E-state index contributed by atoms with van der Waals surface area (Å²) >= 11 is 0. The Bertz CT molecular complexity index is 1200. The second-order valence-electron chi connectivity index (χ2n) is 9.69. The van der Waals surface area contributed by atoms with E-state index < -0.39 is 0 Å². The Morgan fingerprint density at radius 1 is 1.26 bits per heavy atom. The maximum Gasteiger partial charge on any atom is 0.251 e. The highest BCUT2D eigenvalue weighted by Gasteiger charge is 2.35. The average Bonchev–Trinajstić information content (AvgIpc) is 3.39. The minimum atomic E-state index is -0.278. The van der Waals surface area contributed by atoms with Crippen molar-refractivity contribution >= 4 is 13.2 Å². The Kier molecular flexibility index (Phi) is 8.07. The number of aromatic amines is 1. The van der Waals surface area contributed by atoms with Gasteiger partial charge in [0.15, 0.2) is 0 Å². The molecule has 1 aromatic heterocycles. The minimum Gasteiger partial charge on any atom is -0.352 e. The van der Waals surface area contributed by atoms with Crippen molar-refractivity contribution < 1.29 is 9.18 Å². The Balaban J connectivity index is 1.56. The number of benzene rings is 2. The van der Waals surface area contributed by atoms with Crippen LogP contribution < -0.4 is 5.32 Å². The molecule has 2 unspecified atom stereocenters. The number of hydrogen-bond acceptors (Lipinski definition) is 2. The first-order chi connectivity index (χ1) is 17.0. The molecule has 1 aliphatic rings. The summed E-state index contributed by atoms with van der Waals surface area (Å²) in [5, 5.41) is 9.79. The molecule has 2 aromatic carbocycles. The monoisotopic (exact) mass is 468 g/mol. The Hall–Kier alpha value is -3.33. The second kappa shape index (κ2) is 11.4. The van der Waals surface area contributed by atoms with Crippen molar-refractivity contribution in [2.24, 2.45) is 0 Å². The zero-order valence-corrected chi connectivity index (χ0v) is 20.5. The number of aryl methyl sites for hydroxylation is 1. The summed E-state index contributed by atoms with van der Waals surface area (Å²) < 4.78 is 13.3. The van der Waals surface area contributed by atoms with Gasteiger partial charge in [0.2, 0.25) is 0 Å². The van der Waals surface area contributed by atoms with E-state index in [0.717, 1.165) is 55.1 Å². The van der Waals surface area contributed by atoms with Crippen LogP contribution >= 0.6 is 0 Å². The van der Waals surface area contributed by atoms with E-state index in [1.165, 1.54) is 17.7 Å². The fraction of sp³-hybridized carbons (Fsp3) is 0.379. The van der Waals surface area contributed by atoms with Crippen LogP contribution in [-0.2, 0) is 11.8 Å². The van der Waals surface area contributed by atoms with Crippen LogP contribution in [0.25, 0.3) is 0 Å². The normalized spacial score (nSPS) is 19.3. The lowest BCUT2D eigenvalue weighted by atomic mass is 9.48. The third kappa shape index (κ3) is 6.42. The Morgan fingerprint density at radius 3 is 2.83 bits per heavy atom. The number of carbonyl (C=O) groups is 1. The molecule has 4 rings (SSSR count). The molecule has 179 valence electrons. The van der Waals surface area contributed by atoms with Crippen molar-refractivity contribution in [2.45, 2.75) is 63.5 Å². The summed E-state index contributed by atoms with van der Waals surface area (Å²) in [7, 11) is 2.44. The summed E-state index contributed by atoms with van der Waals surface area (Å²) in [5.41, 5.74) is 4.56. The molecular weight excluding hydrogens is 436 g/mol. The first-order valence-electron chi connectivity index (χ1n) is 12.5. The molecule has 1 saturated heterocycles. The van der Waals surface area contributed by atoms with Gasteiger partial charge in [0.1, 0.15) is 13.1 Å². The SMILES string of the molecule is CCC1[B]CCC(C)(c2ccc(C(=O)NCCCc3cn[nH]c3)cc2C#Cc2ccc(F)cc2)C1. The van der Waals surface area contributed by atoms with E-state index in [4.69, 9.17) is 0 Å². The second-order valence-corrected chi connectivity index (χ2v) is 9.69. The van der Waals surface area contributed by atoms with E-state index in [-0.39, 0.29) is 17.1 Å². The van der Waals surface area contributed by atoms with Crippen LogP contribution in [0.1, 0.15) is 72.1 Å². The third-order valence-corrected chi connectivity index (χ3v) is 7.03. The molecule has 1 fully saturated rings. The molecule has 0 saturated carbocycles. The molecule has 1 amide bonds. The van der Waals surface area contributed by atoms with E-state index in [2.05, 4.69) is 54.5 Å². The van der Waals surface area contributed by atoms with Crippen molar-refractivity contribution in [3.63, 3.8) is 0 Å². The molecule has 2 N–H and O–H groups in total. The highest BCUT2D eigenvalue weighted by molar-refractivity contribution is 6.38. The number of hydrogen-bond donors (Lipinski definition) is 2. The van der Waals surface area contributed by atoms with Gasteiger partial charge in [0.25, 0.3) is 5.91 Å². The van der Waals surface area contributed by atoms with Gasteiger partial charge in [-0.2, -0.15) is 5.10 Å². The van der Waals surface area contributed by atoms with E-state index in [1.807, 2.05) is 18.3 Å². The highest BCUT2D eigenvalue weighted by atomic mass is 19.1. The molecule has 2 atom stereocenters. The molecule has 0 aliphatic carbocycles. The third-order valence-electron chi connectivity index (χ3n) is 7.03. The molecule has 1 radical (unpaired) electrons. The van der Waals surface area contributed by atoms with E-state index in [0.29, 0.717) is 17.9 Å². The van der Waals surface area contributed by atoms with Gasteiger partial charge in [-0.15, -0.1) is 0 Å². The van der Waals surface area contributed by atoms with Crippen LogP contribution in [0.4, 0.5) is 4.39 Å². The van der Waals surface area contributed by atoms with E-state index >= 15 is 0 Å². The van der Waals surface area contributed by atoms with E-state index in [9.17, 15) is 9.18 Å². The zero-order valence-electron chi connectivity index (χ0n) is 20.5. The molecular formula is C29H32BFN3O. The summed E-state index contributed by atoms with van der Waals surface area (Å²) in [4.78, 5) is 12.9. The zero-order chi connectivity index (χ0) is 24.7. The van der Waals surface area contributed by atoms with Crippen molar-refractivity contribution in [1.82, 2.24) is 15.5 Å². The minimum absolute atomic E-state index is 0.00182. The van der Waals surface area contributed by atoms with Gasteiger partial charge in [0, 0.05) is 29.4 Å². The van der Waals surface area contributed by atoms with Gasteiger partial charge < -0.3 is 5.32 Å². The largest absolute Gasteiger partial charge is 0.352 e. The molecule has 1 aliphatic heterocycles. The maximum atomic E-state index is 13.3. The predicted octanol–water partition coefficient (Wildman–Crippen LogP) is 5.68. The van der Waals surface area contributed by atoms with Gasteiger partial charge in [-0.05, 0) is 72.2 Å². The van der Waals surface area contributed by atoms with Crippen molar-refractivity contribution in [1.29, 1.82) is 0 Å². The van der Waals surface area contributed by atoms with Crippen LogP contribution in [0.15, 0.2) is 54.9 Å². The van der Waals surface area contributed by atoms with Gasteiger partial charge in [0.05, 0.1) is 6.20 Å². The van der Waals surface area contributed by atoms with Gasteiger partial charge in [-0.1, -0.05) is 56.7 Å². The summed E-state index contributed by atoms with van der Waals surface area (Å²) in [6, 6.07) is 12.1. The quantitative estimate of drug-likeness (QED) is 0.266. The lowest BCUT2D eigenvalue weighted by molar-refractivity contribution is 0.0953. The Labute approximate surface area is 208 Å². The topological polar surface area (TPSA) is 57.8 Å². The van der Waals surface area contributed by atoms with Gasteiger partial charge >= 0.3 is 0 Å². The fourth-order valence-electron chi connectivity index (χ4n) is 4.96. The molecule has 2 heterocycles. The smallest absolute Gasteiger partial charge is 0.251 e. The molecule has 4 nitrogen and oxygen atoms in total. The van der Waals surface area contributed by atoms with Crippen LogP contribution in [-0.4, -0.2) is 29.9 Å². The Morgan fingerprint density at radius 2 is 2.09 bits per heavy atom. The number of amides is 1. The van der Waals surface area contributed by atoms with Crippen LogP contribution in [0.5, 0.6) is 0 Å². The molecule has 0 spiro atoms. The first kappa shape index (κ1) is 24.8. The lowest BCUT2D eigenvalue weighted by Gasteiger charge is -2.39. The van der Waals surface area contributed by atoms with Gasteiger partial charge in [-0.3, -0.25) is 9.89 Å². The van der Waals surface area contributed by atoms with E-state index in [1.54, 1.807) is 18.3 Å². The summed E-state index contributed by atoms with van der Waals surface area (Å²) in [5.74, 6) is 6.71. The molecule has 0 bridgehead atoms. The molecule has 3 aromatic rings. The van der Waals surface area contributed by atoms with Crippen molar-refractivity contribution in [3.05, 3.63) is 88.5 Å². The summed E-state index contributed by atoms with van der Waals surface area (Å²) in [6.07, 6.45) is 9.73. The lowest BCUT2D eigenvalue weighted by Crippen LogP contribution is -2.32. The van der Waals surface area contributed by atoms with Crippen LogP contribution in [0, 0.1) is 17.7 Å². The van der Waals surface area contributed by atoms with Crippen LogP contribution in [0.3, 0.4) is 0 Å². The first-order valence-corrected chi connectivity index (χ1v) is 12.5. The van der Waals surface area contributed by atoms with Crippen LogP contribution in [0.2, 0.25) is 12.1 Å². The number of nitrogens with one attached hydrogen (secondary N) is 2.